The Bertz CT molecular complexity index is 864. The van der Waals surface area contributed by atoms with Crippen molar-refractivity contribution in [2.24, 2.45) is 5.92 Å². The van der Waals surface area contributed by atoms with Crippen LogP contribution in [0.15, 0.2) is 28.7 Å². The first kappa shape index (κ1) is 20.8. The smallest absolute Gasteiger partial charge is 0.282 e. The van der Waals surface area contributed by atoms with Crippen molar-refractivity contribution in [1.82, 2.24) is 9.88 Å². The highest BCUT2D eigenvalue weighted by Crippen LogP contribution is 2.29. The predicted molar refractivity (Wildman–Crippen MR) is 108 cm³/mol. The van der Waals surface area contributed by atoms with Gasteiger partial charge in [-0.2, -0.15) is 0 Å². The number of amides is 1. The second-order valence-electron chi connectivity index (χ2n) is 7.79. The number of benzene rings is 1. The van der Waals surface area contributed by atoms with E-state index in [1.54, 1.807) is 18.9 Å². The van der Waals surface area contributed by atoms with Gasteiger partial charge in [-0.1, -0.05) is 0 Å². The summed E-state index contributed by atoms with van der Waals surface area (Å²) in [7, 11) is 1.64. The molecule has 0 unspecified atom stereocenters. The summed E-state index contributed by atoms with van der Waals surface area (Å²) in [5.74, 6) is 0.870. The lowest BCUT2D eigenvalue weighted by Gasteiger charge is -2.40. The number of carbonyl (C=O) groups excluding carboxylic acids is 1. The van der Waals surface area contributed by atoms with Crippen LogP contribution in [-0.2, 0) is 25.4 Å². The van der Waals surface area contributed by atoms with Crippen LogP contribution in [0.5, 0.6) is 5.75 Å². The summed E-state index contributed by atoms with van der Waals surface area (Å²) in [4.78, 5) is 19.2. The van der Waals surface area contributed by atoms with Crippen LogP contribution in [0.1, 0.15) is 18.4 Å². The normalized spacial score (nSPS) is 24.6. The Balaban J connectivity index is 1.37. The summed E-state index contributed by atoms with van der Waals surface area (Å²) in [6.45, 7) is 6.69. The average molecular weight is 416 g/mol. The third-order valence-electron chi connectivity index (χ3n) is 5.59. The molecule has 4 rings (SSSR count). The highest BCUT2D eigenvalue weighted by atomic mass is 16.7. The van der Waals surface area contributed by atoms with Gasteiger partial charge in [-0.05, 0) is 38.1 Å². The third kappa shape index (κ3) is 4.35. The fourth-order valence-corrected chi connectivity index (χ4v) is 3.69. The quantitative estimate of drug-likeness (QED) is 0.740. The van der Waals surface area contributed by atoms with Gasteiger partial charge >= 0.3 is 0 Å². The number of morpholine rings is 1. The maximum absolute atomic E-state index is 12.8. The number of aromatic nitrogens is 1. The van der Waals surface area contributed by atoms with Crippen molar-refractivity contribution in [3.8, 4) is 17.2 Å². The van der Waals surface area contributed by atoms with Crippen LogP contribution in [0.25, 0.3) is 11.5 Å². The number of rotatable bonds is 5. The van der Waals surface area contributed by atoms with E-state index in [4.69, 9.17) is 23.4 Å². The number of aryl methyl sites for hydroxylation is 1. The summed E-state index contributed by atoms with van der Waals surface area (Å²) >= 11 is 0. The van der Waals surface area contributed by atoms with Gasteiger partial charge in [0.2, 0.25) is 11.7 Å². The number of hydrogen-bond acceptors (Lipinski definition) is 7. The summed E-state index contributed by atoms with van der Waals surface area (Å²) < 4.78 is 28.2. The first-order valence-electron chi connectivity index (χ1n) is 10.2. The van der Waals surface area contributed by atoms with Crippen molar-refractivity contribution < 1.29 is 28.2 Å². The van der Waals surface area contributed by atoms with E-state index in [-0.39, 0.29) is 11.8 Å². The van der Waals surface area contributed by atoms with E-state index in [0.29, 0.717) is 51.8 Å². The predicted octanol–water partition coefficient (Wildman–Crippen LogP) is 2.44. The van der Waals surface area contributed by atoms with Crippen molar-refractivity contribution in [2.75, 3.05) is 46.6 Å². The second-order valence-corrected chi connectivity index (χ2v) is 7.79. The molecule has 0 radical (unpaired) electrons. The second kappa shape index (κ2) is 8.75. The number of ether oxygens (including phenoxy) is 4. The molecule has 0 saturated carbocycles. The number of methoxy groups -OCH3 is 1. The van der Waals surface area contributed by atoms with Gasteiger partial charge in [0, 0.05) is 31.0 Å². The molecule has 0 bridgehead atoms. The zero-order valence-corrected chi connectivity index (χ0v) is 17.7. The van der Waals surface area contributed by atoms with Crippen LogP contribution in [0.3, 0.4) is 0 Å². The molecule has 0 atom stereocenters. The monoisotopic (exact) mass is 416 g/mol. The molecular formula is C22H28N2O6. The fourth-order valence-electron chi connectivity index (χ4n) is 3.69. The third-order valence-corrected chi connectivity index (χ3v) is 5.59. The van der Waals surface area contributed by atoms with Crippen LogP contribution in [0.4, 0.5) is 0 Å². The summed E-state index contributed by atoms with van der Waals surface area (Å²) in [6, 6.07) is 7.60. The summed E-state index contributed by atoms with van der Waals surface area (Å²) in [6.07, 6.45) is 0.660. The van der Waals surface area contributed by atoms with Crippen LogP contribution >= 0.6 is 0 Å². The minimum atomic E-state index is -1.24. The molecule has 1 amide bonds. The van der Waals surface area contributed by atoms with E-state index in [0.717, 1.165) is 22.8 Å². The fraction of sp³-hybridized carbons (Fsp3) is 0.545. The number of carbonyl (C=O) groups is 1. The van der Waals surface area contributed by atoms with Gasteiger partial charge < -0.3 is 28.3 Å². The molecule has 2 fully saturated rings. The average Bonchev–Trinajstić information content (AvgIpc) is 3.15. The number of nitrogens with zero attached hydrogens (tertiary/aromatic N) is 2. The Hall–Kier alpha value is -2.42. The lowest BCUT2D eigenvalue weighted by molar-refractivity contribution is -0.267. The topological polar surface area (TPSA) is 83.3 Å². The van der Waals surface area contributed by atoms with Crippen molar-refractivity contribution in [1.29, 1.82) is 0 Å². The van der Waals surface area contributed by atoms with E-state index in [1.807, 2.05) is 31.2 Å². The molecule has 0 N–H and O–H groups in total. The molecule has 162 valence electrons. The summed E-state index contributed by atoms with van der Waals surface area (Å²) in [5.41, 5.74) is 1.77. The van der Waals surface area contributed by atoms with Crippen molar-refractivity contribution in [3.63, 3.8) is 0 Å². The van der Waals surface area contributed by atoms with Crippen LogP contribution in [0.2, 0.25) is 0 Å². The van der Waals surface area contributed by atoms with Gasteiger partial charge in [0.25, 0.3) is 5.91 Å². The Labute approximate surface area is 176 Å². The molecule has 0 aliphatic carbocycles. The van der Waals surface area contributed by atoms with Crippen molar-refractivity contribution >= 4 is 5.91 Å². The SMILES string of the molecule is COc1ccc(-c2nc(CC3COC(C)(C(=O)N4CCOCC4)OC3)c(C)o2)cc1. The maximum Gasteiger partial charge on any atom is 0.282 e. The molecule has 3 heterocycles. The Morgan fingerprint density at radius 1 is 1.20 bits per heavy atom. The standard InChI is InChI=1S/C22H28N2O6/c1-15-19(23-20(30-15)17-4-6-18(26-3)7-5-17)12-16-13-28-22(2,29-14-16)21(25)24-8-10-27-11-9-24/h4-7,16H,8-14H2,1-3H3. The molecule has 1 aromatic carbocycles. The molecule has 1 aromatic heterocycles. The van der Waals surface area contributed by atoms with Gasteiger partial charge in [0.15, 0.2) is 0 Å². The van der Waals surface area contributed by atoms with Crippen LogP contribution in [0, 0.1) is 12.8 Å². The minimum Gasteiger partial charge on any atom is -0.497 e. The first-order chi connectivity index (χ1) is 14.5. The van der Waals surface area contributed by atoms with Gasteiger partial charge in [-0.15, -0.1) is 0 Å². The lowest BCUT2D eigenvalue weighted by atomic mass is 10.0. The highest BCUT2D eigenvalue weighted by Gasteiger charge is 2.43. The molecule has 0 spiro atoms. The molecule has 8 heteroatoms. The Kier molecular flexibility index (Phi) is 6.08. The van der Waals surface area contributed by atoms with Crippen LogP contribution < -0.4 is 4.74 Å². The molecule has 2 aliphatic rings. The van der Waals surface area contributed by atoms with E-state index in [9.17, 15) is 4.79 Å². The number of oxazole rings is 1. The molecule has 30 heavy (non-hydrogen) atoms. The molecule has 2 aliphatic heterocycles. The molecule has 2 saturated heterocycles. The highest BCUT2D eigenvalue weighted by molar-refractivity contribution is 5.83. The largest absolute Gasteiger partial charge is 0.497 e. The summed E-state index contributed by atoms with van der Waals surface area (Å²) in [5, 5.41) is 0. The molecule has 2 aromatic rings. The van der Waals surface area contributed by atoms with Gasteiger partial charge in [-0.25, -0.2) is 4.98 Å². The van der Waals surface area contributed by atoms with Gasteiger partial charge in [0.05, 0.1) is 39.2 Å². The van der Waals surface area contributed by atoms with Crippen molar-refractivity contribution in [2.45, 2.75) is 26.1 Å². The van der Waals surface area contributed by atoms with Gasteiger partial charge in [0.1, 0.15) is 11.5 Å². The Morgan fingerprint density at radius 2 is 1.87 bits per heavy atom. The number of hydrogen-bond donors (Lipinski definition) is 0. The molecule has 8 nitrogen and oxygen atoms in total. The van der Waals surface area contributed by atoms with E-state index in [2.05, 4.69) is 4.98 Å². The lowest BCUT2D eigenvalue weighted by Crippen LogP contribution is -2.56. The van der Waals surface area contributed by atoms with E-state index < -0.39 is 5.79 Å². The zero-order chi connectivity index (χ0) is 21.1. The van der Waals surface area contributed by atoms with Crippen molar-refractivity contribution in [3.05, 3.63) is 35.7 Å². The maximum atomic E-state index is 12.8. The minimum absolute atomic E-state index is 0.100. The van der Waals surface area contributed by atoms with Gasteiger partial charge in [-0.3, -0.25) is 4.79 Å². The zero-order valence-electron chi connectivity index (χ0n) is 17.7. The van der Waals surface area contributed by atoms with Crippen LogP contribution in [-0.4, -0.2) is 68.2 Å². The molecular weight excluding hydrogens is 388 g/mol. The van der Waals surface area contributed by atoms with E-state index in [1.165, 1.54) is 0 Å². The Morgan fingerprint density at radius 3 is 2.50 bits per heavy atom. The first-order valence-corrected chi connectivity index (χ1v) is 10.2. The van der Waals surface area contributed by atoms with E-state index >= 15 is 0 Å².